The van der Waals surface area contributed by atoms with E-state index in [1.807, 2.05) is 49.1 Å². The molecule has 4 rings (SSSR count). The van der Waals surface area contributed by atoms with Gasteiger partial charge in [0.1, 0.15) is 11.4 Å². The lowest BCUT2D eigenvalue weighted by Gasteiger charge is -2.30. The number of hydrogen-bond acceptors (Lipinski definition) is 6. The molecule has 0 aliphatic carbocycles. The summed E-state index contributed by atoms with van der Waals surface area (Å²) in [6, 6.07) is 11.3. The van der Waals surface area contributed by atoms with Crippen LogP contribution in [-0.2, 0) is 0 Å². The summed E-state index contributed by atoms with van der Waals surface area (Å²) in [5, 5.41) is 4.13. The van der Waals surface area contributed by atoms with Crippen molar-refractivity contribution in [2.24, 2.45) is 0 Å². The summed E-state index contributed by atoms with van der Waals surface area (Å²) in [7, 11) is 1.62. The van der Waals surface area contributed by atoms with Crippen LogP contribution in [0, 0.1) is 13.8 Å². The third kappa shape index (κ3) is 3.85. The van der Waals surface area contributed by atoms with Gasteiger partial charge in [-0.25, -0.2) is 4.98 Å². The first kappa shape index (κ1) is 19.1. The first-order chi connectivity index (χ1) is 14.1. The fourth-order valence-electron chi connectivity index (χ4n) is 3.58. The first-order valence-electron chi connectivity index (χ1n) is 9.77. The Kier molecular flexibility index (Phi) is 5.29. The van der Waals surface area contributed by atoms with Gasteiger partial charge < -0.3 is 14.2 Å². The highest BCUT2D eigenvalue weighted by Crippen LogP contribution is 2.31. The largest absolute Gasteiger partial charge is 0.496 e. The predicted octanol–water partition coefficient (Wildman–Crippen LogP) is 3.78. The molecule has 150 valence electrons. The Hall–Kier alpha value is -3.22. The van der Waals surface area contributed by atoms with E-state index in [-0.39, 0.29) is 11.8 Å². The maximum atomic E-state index is 12.8. The molecule has 1 aliphatic heterocycles. The third-order valence-electron chi connectivity index (χ3n) is 5.49. The molecule has 0 N–H and O–H groups in total. The summed E-state index contributed by atoms with van der Waals surface area (Å²) in [5.74, 6) is 1.97. The van der Waals surface area contributed by atoms with Gasteiger partial charge in [0, 0.05) is 24.7 Å². The number of nitrogens with zero attached hydrogens (tertiary/aromatic N) is 4. The van der Waals surface area contributed by atoms with E-state index in [1.54, 1.807) is 13.2 Å². The first-order valence-corrected chi connectivity index (χ1v) is 9.77. The Morgan fingerprint density at radius 1 is 1.10 bits per heavy atom. The highest BCUT2D eigenvalue weighted by atomic mass is 16.5. The number of carbonyl (C=O) groups is 1. The van der Waals surface area contributed by atoms with E-state index in [2.05, 4.69) is 15.1 Å². The van der Waals surface area contributed by atoms with E-state index < -0.39 is 0 Å². The zero-order valence-electron chi connectivity index (χ0n) is 16.9. The van der Waals surface area contributed by atoms with Crippen LogP contribution >= 0.6 is 0 Å². The van der Waals surface area contributed by atoms with E-state index in [0.717, 1.165) is 29.7 Å². The normalized spacial score (nSPS) is 14.8. The van der Waals surface area contributed by atoms with Crippen molar-refractivity contribution in [3.8, 4) is 17.1 Å². The number of pyridine rings is 1. The molecule has 29 heavy (non-hydrogen) atoms. The summed E-state index contributed by atoms with van der Waals surface area (Å²) >= 11 is 0. The molecular weight excluding hydrogens is 368 g/mol. The van der Waals surface area contributed by atoms with Crippen molar-refractivity contribution in [3.05, 3.63) is 59.2 Å². The second-order valence-corrected chi connectivity index (χ2v) is 7.32. The molecule has 1 aliphatic rings. The van der Waals surface area contributed by atoms with E-state index in [9.17, 15) is 4.79 Å². The summed E-state index contributed by atoms with van der Waals surface area (Å²) in [5.41, 5.74) is 3.28. The molecule has 3 aromatic rings. The molecular formula is C22H24N4O3. The smallest absolute Gasteiger partial charge is 0.272 e. The molecule has 0 bridgehead atoms. The van der Waals surface area contributed by atoms with E-state index in [4.69, 9.17) is 9.26 Å². The van der Waals surface area contributed by atoms with Crippen LogP contribution in [0.15, 0.2) is 40.9 Å². The second-order valence-electron chi connectivity index (χ2n) is 7.32. The molecule has 3 heterocycles. The number of amides is 1. The van der Waals surface area contributed by atoms with Crippen molar-refractivity contribution in [2.75, 3.05) is 20.2 Å². The monoisotopic (exact) mass is 392 g/mol. The number of hydrogen-bond donors (Lipinski definition) is 0. The molecule has 0 saturated carbocycles. The van der Waals surface area contributed by atoms with E-state index in [0.29, 0.717) is 36.2 Å². The van der Waals surface area contributed by atoms with Gasteiger partial charge >= 0.3 is 0 Å². The number of rotatable bonds is 4. The molecule has 1 amide bonds. The zero-order chi connectivity index (χ0) is 20.4. The Labute approximate surface area is 169 Å². The van der Waals surface area contributed by atoms with Crippen LogP contribution in [0.25, 0.3) is 11.4 Å². The molecule has 7 nitrogen and oxygen atoms in total. The van der Waals surface area contributed by atoms with Gasteiger partial charge in [0.15, 0.2) is 0 Å². The van der Waals surface area contributed by atoms with Crippen molar-refractivity contribution in [1.82, 2.24) is 20.0 Å². The Bertz CT molecular complexity index is 1020. The minimum absolute atomic E-state index is 0.0215. The quantitative estimate of drug-likeness (QED) is 0.672. The molecule has 1 fully saturated rings. The molecule has 0 radical (unpaired) electrons. The number of aromatic nitrogens is 3. The lowest BCUT2D eigenvalue weighted by atomic mass is 9.96. The van der Waals surface area contributed by atoms with Crippen LogP contribution < -0.4 is 4.74 Å². The molecule has 0 unspecified atom stereocenters. The van der Waals surface area contributed by atoms with Gasteiger partial charge in [-0.3, -0.25) is 4.79 Å². The van der Waals surface area contributed by atoms with Gasteiger partial charge in [0.05, 0.1) is 12.7 Å². The Morgan fingerprint density at radius 3 is 2.59 bits per heavy atom. The van der Waals surface area contributed by atoms with Gasteiger partial charge in [-0.05, 0) is 50.5 Å². The van der Waals surface area contributed by atoms with Gasteiger partial charge in [-0.15, -0.1) is 0 Å². The zero-order valence-corrected chi connectivity index (χ0v) is 16.9. The number of piperidine rings is 1. The fourth-order valence-corrected chi connectivity index (χ4v) is 3.58. The molecule has 1 aromatic carbocycles. The standard InChI is InChI=1S/C22H24N4O3/c1-14-8-9-18(23-15(14)2)22(27)26-12-10-16(11-13-26)21-24-20(25-29-21)17-6-4-5-7-19(17)28-3/h4-9,16H,10-13H2,1-3H3. The summed E-state index contributed by atoms with van der Waals surface area (Å²) in [6.45, 7) is 5.20. The molecule has 0 atom stereocenters. The maximum Gasteiger partial charge on any atom is 0.272 e. The molecule has 2 aromatic heterocycles. The van der Waals surface area contributed by atoms with Crippen LogP contribution in [0.5, 0.6) is 5.75 Å². The van der Waals surface area contributed by atoms with Gasteiger partial charge in [-0.1, -0.05) is 23.4 Å². The summed E-state index contributed by atoms with van der Waals surface area (Å²) < 4.78 is 10.9. The number of aryl methyl sites for hydroxylation is 2. The highest BCUT2D eigenvalue weighted by molar-refractivity contribution is 5.92. The van der Waals surface area contributed by atoms with Gasteiger partial charge in [-0.2, -0.15) is 4.98 Å². The van der Waals surface area contributed by atoms with Crippen LogP contribution in [0.3, 0.4) is 0 Å². The average molecular weight is 392 g/mol. The molecule has 1 saturated heterocycles. The fraction of sp³-hybridized carbons (Fsp3) is 0.364. The van der Waals surface area contributed by atoms with E-state index in [1.165, 1.54) is 0 Å². The number of methoxy groups -OCH3 is 1. The SMILES string of the molecule is COc1ccccc1-c1noc(C2CCN(C(=O)c3ccc(C)c(C)n3)CC2)n1. The molecule has 7 heteroatoms. The maximum absolute atomic E-state index is 12.8. The number of benzene rings is 1. The molecule has 0 spiro atoms. The number of ether oxygens (including phenoxy) is 1. The van der Waals surface area contributed by atoms with E-state index >= 15 is 0 Å². The minimum atomic E-state index is -0.0215. The topological polar surface area (TPSA) is 81.4 Å². The average Bonchev–Trinajstić information content (AvgIpc) is 3.25. The summed E-state index contributed by atoms with van der Waals surface area (Å²) in [4.78, 5) is 23.6. The Morgan fingerprint density at radius 2 is 1.86 bits per heavy atom. The van der Waals surface area contributed by atoms with Crippen molar-refractivity contribution in [3.63, 3.8) is 0 Å². The van der Waals surface area contributed by atoms with Crippen LogP contribution in [-0.4, -0.2) is 46.1 Å². The van der Waals surface area contributed by atoms with Crippen LogP contribution in [0.4, 0.5) is 0 Å². The van der Waals surface area contributed by atoms with Crippen LogP contribution in [0.1, 0.15) is 46.4 Å². The lowest BCUT2D eigenvalue weighted by Crippen LogP contribution is -2.38. The predicted molar refractivity (Wildman–Crippen MR) is 108 cm³/mol. The lowest BCUT2D eigenvalue weighted by molar-refractivity contribution is 0.0698. The second kappa shape index (κ2) is 8.03. The van der Waals surface area contributed by atoms with Crippen LogP contribution in [0.2, 0.25) is 0 Å². The summed E-state index contributed by atoms with van der Waals surface area (Å²) in [6.07, 6.45) is 1.56. The number of likely N-dealkylation sites (tertiary alicyclic amines) is 1. The Balaban J connectivity index is 1.43. The number of para-hydroxylation sites is 1. The van der Waals surface area contributed by atoms with Crippen molar-refractivity contribution < 1.29 is 14.1 Å². The minimum Gasteiger partial charge on any atom is -0.496 e. The number of carbonyl (C=O) groups excluding carboxylic acids is 1. The van der Waals surface area contributed by atoms with Crippen molar-refractivity contribution >= 4 is 5.91 Å². The highest BCUT2D eigenvalue weighted by Gasteiger charge is 2.29. The van der Waals surface area contributed by atoms with Crippen molar-refractivity contribution in [2.45, 2.75) is 32.6 Å². The van der Waals surface area contributed by atoms with Gasteiger partial charge in [0.2, 0.25) is 11.7 Å². The van der Waals surface area contributed by atoms with Gasteiger partial charge in [0.25, 0.3) is 5.91 Å². The third-order valence-corrected chi connectivity index (χ3v) is 5.49. The van der Waals surface area contributed by atoms with Crippen molar-refractivity contribution in [1.29, 1.82) is 0 Å².